The number of aliphatic hydroxyl groups excluding tert-OH is 1. The molecule has 2 aromatic carbocycles. The molecule has 0 unspecified atom stereocenters. The van der Waals surface area contributed by atoms with Crippen molar-refractivity contribution in [1.29, 1.82) is 0 Å². The third-order valence-corrected chi connectivity index (χ3v) is 6.69. The summed E-state index contributed by atoms with van der Waals surface area (Å²) in [5.41, 5.74) is 3.32. The smallest absolute Gasteiger partial charge is 0.416 e. The van der Waals surface area contributed by atoms with Crippen molar-refractivity contribution in [2.24, 2.45) is 0 Å². The maximum atomic E-state index is 12.9. The SMILES string of the molecule is Cc1cc2c(CCc3sc(-c4ccc(C(F)(F)F)cc4)nc3C(C)C)noc2cc1OCCO. The number of aromatic nitrogens is 2. The number of fused-ring (bicyclic) bond motifs is 1. The first-order valence-electron chi connectivity index (χ1n) is 11.0. The second kappa shape index (κ2) is 9.76. The van der Waals surface area contributed by atoms with Crippen molar-refractivity contribution < 1.29 is 27.5 Å². The van der Waals surface area contributed by atoms with Gasteiger partial charge in [0, 0.05) is 21.9 Å². The fourth-order valence-corrected chi connectivity index (χ4v) is 4.99. The summed E-state index contributed by atoms with van der Waals surface area (Å²) in [6, 6.07) is 8.88. The Morgan fingerprint density at radius 1 is 1.12 bits per heavy atom. The van der Waals surface area contributed by atoms with Crippen LogP contribution in [0.3, 0.4) is 0 Å². The molecule has 4 aromatic rings. The topological polar surface area (TPSA) is 68.4 Å². The number of aryl methyl sites for hydroxylation is 3. The highest BCUT2D eigenvalue weighted by Gasteiger charge is 2.30. The van der Waals surface area contributed by atoms with Gasteiger partial charge in [0.2, 0.25) is 0 Å². The molecule has 1 N–H and O–H groups in total. The van der Waals surface area contributed by atoms with Crippen LogP contribution in [0.2, 0.25) is 0 Å². The minimum Gasteiger partial charge on any atom is -0.491 e. The molecule has 0 bridgehead atoms. The van der Waals surface area contributed by atoms with Crippen LogP contribution in [0.4, 0.5) is 13.2 Å². The molecule has 0 saturated carbocycles. The van der Waals surface area contributed by atoms with Crippen LogP contribution in [-0.4, -0.2) is 28.5 Å². The van der Waals surface area contributed by atoms with Crippen LogP contribution < -0.4 is 4.74 Å². The van der Waals surface area contributed by atoms with Gasteiger partial charge < -0.3 is 14.4 Å². The minimum atomic E-state index is -4.36. The van der Waals surface area contributed by atoms with E-state index in [0.29, 0.717) is 34.7 Å². The lowest BCUT2D eigenvalue weighted by molar-refractivity contribution is -0.137. The summed E-state index contributed by atoms with van der Waals surface area (Å²) < 4.78 is 49.7. The molecule has 0 amide bonds. The zero-order chi connectivity index (χ0) is 24.5. The summed E-state index contributed by atoms with van der Waals surface area (Å²) in [7, 11) is 0. The van der Waals surface area contributed by atoms with Crippen molar-refractivity contribution >= 4 is 22.3 Å². The third kappa shape index (κ3) is 5.10. The molecule has 5 nitrogen and oxygen atoms in total. The number of hydrogen-bond acceptors (Lipinski definition) is 6. The van der Waals surface area contributed by atoms with E-state index in [0.717, 1.165) is 39.3 Å². The van der Waals surface area contributed by atoms with E-state index in [4.69, 9.17) is 19.4 Å². The molecule has 0 atom stereocenters. The normalized spacial score (nSPS) is 12.1. The molecule has 0 aliphatic carbocycles. The molecule has 0 aliphatic rings. The van der Waals surface area contributed by atoms with E-state index in [2.05, 4.69) is 19.0 Å². The maximum absolute atomic E-state index is 12.9. The summed E-state index contributed by atoms with van der Waals surface area (Å²) >= 11 is 1.50. The van der Waals surface area contributed by atoms with Crippen molar-refractivity contribution in [1.82, 2.24) is 10.1 Å². The Labute approximate surface area is 199 Å². The van der Waals surface area contributed by atoms with E-state index in [-0.39, 0.29) is 19.1 Å². The summed E-state index contributed by atoms with van der Waals surface area (Å²) in [5.74, 6) is 0.826. The number of alkyl halides is 3. The number of nitrogens with zero attached hydrogens (tertiary/aromatic N) is 2. The fourth-order valence-electron chi connectivity index (χ4n) is 3.77. The fraction of sp³-hybridized carbons (Fsp3) is 0.360. The van der Waals surface area contributed by atoms with Crippen LogP contribution >= 0.6 is 11.3 Å². The molecular formula is C25H25F3N2O3S. The Kier molecular flexibility index (Phi) is 6.95. The number of aliphatic hydroxyl groups is 1. The lowest BCUT2D eigenvalue weighted by Crippen LogP contribution is -2.03. The van der Waals surface area contributed by atoms with Gasteiger partial charge in [-0.3, -0.25) is 0 Å². The largest absolute Gasteiger partial charge is 0.491 e. The summed E-state index contributed by atoms with van der Waals surface area (Å²) in [6.07, 6.45) is -3.03. The highest BCUT2D eigenvalue weighted by Crippen LogP contribution is 2.36. The second-order valence-corrected chi connectivity index (χ2v) is 9.46. The number of benzene rings is 2. The predicted molar refractivity (Wildman–Crippen MR) is 125 cm³/mol. The van der Waals surface area contributed by atoms with Crippen molar-refractivity contribution in [2.75, 3.05) is 13.2 Å². The zero-order valence-electron chi connectivity index (χ0n) is 19.1. The standard InChI is InChI=1S/C25H25F3N2O3S/c1-14(2)23-22(34-24(29-23)16-4-6-17(7-5-16)25(26,27)28)9-8-19-18-12-15(3)20(32-11-10-31)13-21(18)33-30-19/h4-7,12-14,31H,8-11H2,1-3H3. The Bertz CT molecular complexity index is 1280. The molecule has 34 heavy (non-hydrogen) atoms. The minimum absolute atomic E-state index is 0.0688. The van der Waals surface area contributed by atoms with Crippen molar-refractivity contribution in [3.05, 3.63) is 63.8 Å². The number of ether oxygens (including phenoxy) is 1. The molecule has 0 aliphatic heterocycles. The molecule has 2 heterocycles. The Morgan fingerprint density at radius 3 is 2.50 bits per heavy atom. The summed E-state index contributed by atoms with van der Waals surface area (Å²) in [6.45, 7) is 6.17. The summed E-state index contributed by atoms with van der Waals surface area (Å²) in [4.78, 5) is 5.83. The van der Waals surface area contributed by atoms with Crippen molar-refractivity contribution in [3.63, 3.8) is 0 Å². The molecular weight excluding hydrogens is 465 g/mol. The van der Waals surface area contributed by atoms with Gasteiger partial charge in [-0.1, -0.05) is 31.1 Å². The van der Waals surface area contributed by atoms with Crippen LogP contribution in [0.1, 0.15) is 47.2 Å². The van der Waals surface area contributed by atoms with Gasteiger partial charge in [-0.05, 0) is 49.4 Å². The average Bonchev–Trinajstić information content (AvgIpc) is 3.39. The zero-order valence-corrected chi connectivity index (χ0v) is 19.9. The highest BCUT2D eigenvalue weighted by atomic mass is 32.1. The van der Waals surface area contributed by atoms with E-state index in [1.165, 1.54) is 23.5 Å². The molecule has 9 heteroatoms. The highest BCUT2D eigenvalue weighted by molar-refractivity contribution is 7.15. The maximum Gasteiger partial charge on any atom is 0.416 e. The second-order valence-electron chi connectivity index (χ2n) is 8.37. The number of halogens is 3. The van der Waals surface area contributed by atoms with Crippen LogP contribution in [0, 0.1) is 6.92 Å². The average molecular weight is 491 g/mol. The molecule has 180 valence electrons. The number of thiazole rings is 1. The lowest BCUT2D eigenvalue weighted by atomic mass is 10.0. The first-order valence-corrected chi connectivity index (χ1v) is 11.8. The quantitative estimate of drug-likeness (QED) is 0.303. The molecule has 0 radical (unpaired) electrons. The van der Waals surface area contributed by atoms with E-state index in [1.54, 1.807) is 6.07 Å². The van der Waals surface area contributed by atoms with E-state index >= 15 is 0 Å². The molecule has 4 rings (SSSR count). The van der Waals surface area contributed by atoms with E-state index in [9.17, 15) is 13.2 Å². The van der Waals surface area contributed by atoms with Crippen LogP contribution in [0.5, 0.6) is 5.75 Å². The van der Waals surface area contributed by atoms with Crippen molar-refractivity contribution in [2.45, 2.75) is 45.7 Å². The van der Waals surface area contributed by atoms with E-state index < -0.39 is 11.7 Å². The van der Waals surface area contributed by atoms with Crippen LogP contribution in [0.15, 0.2) is 40.9 Å². The number of hydrogen-bond donors (Lipinski definition) is 1. The van der Waals surface area contributed by atoms with Crippen molar-refractivity contribution in [3.8, 4) is 16.3 Å². The predicted octanol–water partition coefficient (Wildman–Crippen LogP) is 6.56. The lowest BCUT2D eigenvalue weighted by Gasteiger charge is -2.07. The Hall–Kier alpha value is -2.91. The Balaban J connectivity index is 1.57. The van der Waals surface area contributed by atoms with Gasteiger partial charge in [-0.25, -0.2) is 4.98 Å². The molecule has 0 fully saturated rings. The summed E-state index contributed by atoms with van der Waals surface area (Å²) in [5, 5.41) is 14.8. The first kappa shape index (κ1) is 24.2. The van der Waals surface area contributed by atoms with Gasteiger partial charge in [0.1, 0.15) is 17.4 Å². The first-order chi connectivity index (χ1) is 16.2. The Morgan fingerprint density at radius 2 is 1.85 bits per heavy atom. The van der Waals surface area contributed by atoms with Gasteiger partial charge in [0.05, 0.1) is 23.6 Å². The monoisotopic (exact) mass is 490 g/mol. The molecule has 2 aromatic heterocycles. The van der Waals surface area contributed by atoms with Gasteiger partial charge >= 0.3 is 6.18 Å². The third-order valence-electron chi connectivity index (χ3n) is 5.51. The van der Waals surface area contributed by atoms with Gasteiger partial charge in [-0.2, -0.15) is 13.2 Å². The molecule has 0 saturated heterocycles. The molecule has 0 spiro atoms. The number of rotatable bonds is 8. The van der Waals surface area contributed by atoms with Gasteiger partial charge in [0.25, 0.3) is 0 Å². The van der Waals surface area contributed by atoms with Gasteiger partial charge in [-0.15, -0.1) is 11.3 Å². The van der Waals surface area contributed by atoms with E-state index in [1.807, 2.05) is 13.0 Å². The van der Waals surface area contributed by atoms with Crippen LogP contribution in [-0.2, 0) is 19.0 Å². The van der Waals surface area contributed by atoms with Gasteiger partial charge in [0.15, 0.2) is 5.58 Å². The van der Waals surface area contributed by atoms with Crippen LogP contribution in [0.25, 0.3) is 21.5 Å².